The van der Waals surface area contributed by atoms with Crippen LogP contribution in [-0.4, -0.2) is 60.5 Å². The molecule has 1 saturated carbocycles. The van der Waals surface area contributed by atoms with Crippen LogP contribution in [0.2, 0.25) is 0 Å². The fourth-order valence-corrected chi connectivity index (χ4v) is 3.78. The van der Waals surface area contributed by atoms with Crippen LogP contribution in [0.3, 0.4) is 0 Å². The lowest BCUT2D eigenvalue weighted by Crippen LogP contribution is -2.52. The number of nitrogens with one attached hydrogen (secondary N) is 1. The van der Waals surface area contributed by atoms with Gasteiger partial charge in [-0.05, 0) is 36.8 Å². The molecular formula is C18H25N3O. The Hall–Kier alpha value is -1.39. The van der Waals surface area contributed by atoms with Crippen molar-refractivity contribution in [2.75, 3.05) is 32.7 Å². The predicted octanol–water partition coefficient (Wildman–Crippen LogP) is 1.05. The van der Waals surface area contributed by atoms with Gasteiger partial charge in [-0.1, -0.05) is 24.3 Å². The third kappa shape index (κ3) is 3.18. The van der Waals surface area contributed by atoms with Crippen LogP contribution < -0.4 is 5.32 Å². The Balaban J connectivity index is 1.25. The number of amides is 1. The lowest BCUT2D eigenvalue weighted by atomic mass is 10.1. The molecule has 2 fully saturated rings. The molecule has 2 aliphatic carbocycles. The Kier molecular flexibility index (Phi) is 3.89. The van der Waals surface area contributed by atoms with Gasteiger partial charge in [-0.2, -0.15) is 0 Å². The summed E-state index contributed by atoms with van der Waals surface area (Å²) in [4.78, 5) is 16.8. The SMILES string of the molecule is O=C(CN1CCN(C2Cc3ccccc3C2)CC1)NC1CC1. The van der Waals surface area contributed by atoms with Crippen molar-refractivity contribution >= 4 is 5.91 Å². The van der Waals surface area contributed by atoms with Crippen molar-refractivity contribution in [1.29, 1.82) is 0 Å². The molecule has 0 atom stereocenters. The zero-order valence-electron chi connectivity index (χ0n) is 13.1. The zero-order chi connectivity index (χ0) is 14.9. The van der Waals surface area contributed by atoms with E-state index in [1.165, 1.54) is 36.8 Å². The number of carbonyl (C=O) groups is 1. The lowest BCUT2D eigenvalue weighted by Gasteiger charge is -2.37. The number of nitrogens with zero attached hydrogens (tertiary/aromatic N) is 2. The summed E-state index contributed by atoms with van der Waals surface area (Å²) < 4.78 is 0. The van der Waals surface area contributed by atoms with Crippen molar-refractivity contribution in [2.45, 2.75) is 37.8 Å². The molecule has 0 radical (unpaired) electrons. The standard InChI is InChI=1S/C18H25N3O/c22-18(19-16-5-6-16)13-20-7-9-21(10-8-20)17-11-14-3-1-2-4-15(14)12-17/h1-4,16-17H,5-13H2,(H,19,22). The molecule has 1 N–H and O–H groups in total. The van der Waals surface area contributed by atoms with Crippen LogP contribution in [0.4, 0.5) is 0 Å². The summed E-state index contributed by atoms with van der Waals surface area (Å²) >= 11 is 0. The maximum absolute atomic E-state index is 11.9. The maximum Gasteiger partial charge on any atom is 0.234 e. The van der Waals surface area contributed by atoms with Crippen molar-refractivity contribution in [2.24, 2.45) is 0 Å². The molecule has 118 valence electrons. The van der Waals surface area contributed by atoms with E-state index in [-0.39, 0.29) is 5.91 Å². The molecule has 1 aliphatic heterocycles. The second-order valence-electron chi connectivity index (χ2n) is 6.98. The minimum atomic E-state index is 0.212. The molecule has 0 unspecified atom stereocenters. The minimum absolute atomic E-state index is 0.212. The Morgan fingerprint density at radius 2 is 1.68 bits per heavy atom. The fraction of sp³-hybridized carbons (Fsp3) is 0.611. The Bertz CT molecular complexity index is 522. The highest BCUT2D eigenvalue weighted by molar-refractivity contribution is 5.78. The van der Waals surface area contributed by atoms with Gasteiger partial charge < -0.3 is 5.32 Å². The fourth-order valence-electron chi connectivity index (χ4n) is 3.78. The highest BCUT2D eigenvalue weighted by Gasteiger charge is 2.30. The second kappa shape index (κ2) is 6.01. The number of benzene rings is 1. The molecule has 22 heavy (non-hydrogen) atoms. The van der Waals surface area contributed by atoms with E-state index in [2.05, 4.69) is 39.4 Å². The number of hydrogen-bond donors (Lipinski definition) is 1. The normalized spacial score (nSPS) is 23.5. The van der Waals surface area contributed by atoms with Crippen LogP contribution in [0.15, 0.2) is 24.3 Å². The third-order valence-corrected chi connectivity index (χ3v) is 5.26. The number of hydrogen-bond acceptors (Lipinski definition) is 3. The average Bonchev–Trinajstić information content (AvgIpc) is 3.23. The van der Waals surface area contributed by atoms with Crippen LogP contribution in [0.5, 0.6) is 0 Å². The predicted molar refractivity (Wildman–Crippen MR) is 86.8 cm³/mol. The molecular weight excluding hydrogens is 274 g/mol. The smallest absolute Gasteiger partial charge is 0.234 e. The van der Waals surface area contributed by atoms with E-state index in [0.717, 1.165) is 26.2 Å². The third-order valence-electron chi connectivity index (χ3n) is 5.26. The first-order chi connectivity index (χ1) is 10.8. The molecule has 1 aromatic rings. The van der Waals surface area contributed by atoms with Crippen molar-refractivity contribution in [3.05, 3.63) is 35.4 Å². The molecule has 4 nitrogen and oxygen atoms in total. The van der Waals surface area contributed by atoms with Gasteiger partial charge >= 0.3 is 0 Å². The zero-order valence-corrected chi connectivity index (χ0v) is 13.1. The van der Waals surface area contributed by atoms with E-state index in [1.807, 2.05) is 0 Å². The Morgan fingerprint density at radius 1 is 1.05 bits per heavy atom. The summed E-state index contributed by atoms with van der Waals surface area (Å²) in [6.45, 7) is 4.80. The number of fused-ring (bicyclic) bond motifs is 1. The molecule has 1 amide bonds. The highest BCUT2D eigenvalue weighted by Crippen LogP contribution is 2.26. The lowest BCUT2D eigenvalue weighted by molar-refractivity contribution is -0.122. The van der Waals surface area contributed by atoms with Crippen molar-refractivity contribution < 1.29 is 4.79 Å². The summed E-state index contributed by atoms with van der Waals surface area (Å²) in [6.07, 6.45) is 4.72. The molecule has 3 aliphatic rings. The van der Waals surface area contributed by atoms with Gasteiger partial charge in [0.15, 0.2) is 0 Å². The number of rotatable bonds is 4. The maximum atomic E-state index is 11.9. The van der Waals surface area contributed by atoms with Gasteiger partial charge in [0.2, 0.25) is 5.91 Å². The summed E-state index contributed by atoms with van der Waals surface area (Å²) in [5.74, 6) is 0.212. The first-order valence-electron chi connectivity index (χ1n) is 8.60. The van der Waals surface area contributed by atoms with E-state index in [0.29, 0.717) is 18.6 Å². The molecule has 4 rings (SSSR count). The first kappa shape index (κ1) is 14.2. The van der Waals surface area contributed by atoms with Crippen molar-refractivity contribution in [3.63, 3.8) is 0 Å². The van der Waals surface area contributed by atoms with Gasteiger partial charge in [0, 0.05) is 38.3 Å². The quantitative estimate of drug-likeness (QED) is 0.903. The second-order valence-corrected chi connectivity index (χ2v) is 6.98. The number of carbonyl (C=O) groups excluding carboxylic acids is 1. The molecule has 1 saturated heterocycles. The van der Waals surface area contributed by atoms with Crippen LogP contribution >= 0.6 is 0 Å². The van der Waals surface area contributed by atoms with Crippen LogP contribution in [0.25, 0.3) is 0 Å². The highest BCUT2D eigenvalue weighted by atomic mass is 16.2. The van der Waals surface area contributed by atoms with E-state index in [9.17, 15) is 4.79 Å². The molecule has 0 bridgehead atoms. The van der Waals surface area contributed by atoms with Crippen molar-refractivity contribution in [3.8, 4) is 0 Å². The summed E-state index contributed by atoms with van der Waals surface area (Å²) in [5, 5.41) is 3.09. The summed E-state index contributed by atoms with van der Waals surface area (Å²) in [7, 11) is 0. The van der Waals surface area contributed by atoms with Gasteiger partial charge in [0.25, 0.3) is 0 Å². The molecule has 1 aromatic carbocycles. The van der Waals surface area contributed by atoms with Crippen LogP contribution in [-0.2, 0) is 17.6 Å². The average molecular weight is 299 g/mol. The van der Waals surface area contributed by atoms with Gasteiger partial charge in [0.05, 0.1) is 6.54 Å². The molecule has 4 heteroatoms. The number of piperazine rings is 1. The van der Waals surface area contributed by atoms with E-state index >= 15 is 0 Å². The van der Waals surface area contributed by atoms with Crippen LogP contribution in [0.1, 0.15) is 24.0 Å². The van der Waals surface area contributed by atoms with Gasteiger partial charge in [-0.15, -0.1) is 0 Å². The van der Waals surface area contributed by atoms with Crippen LogP contribution in [0, 0.1) is 0 Å². The summed E-state index contributed by atoms with van der Waals surface area (Å²) in [5.41, 5.74) is 3.05. The molecule has 1 heterocycles. The van der Waals surface area contributed by atoms with Gasteiger partial charge in [0.1, 0.15) is 0 Å². The molecule has 0 spiro atoms. The van der Waals surface area contributed by atoms with Gasteiger partial charge in [-0.25, -0.2) is 0 Å². The Morgan fingerprint density at radius 3 is 2.27 bits per heavy atom. The van der Waals surface area contributed by atoms with Crippen molar-refractivity contribution in [1.82, 2.24) is 15.1 Å². The Labute approximate surface area is 132 Å². The molecule has 0 aromatic heterocycles. The minimum Gasteiger partial charge on any atom is -0.352 e. The van der Waals surface area contributed by atoms with E-state index < -0.39 is 0 Å². The topological polar surface area (TPSA) is 35.6 Å². The van der Waals surface area contributed by atoms with Gasteiger partial charge in [-0.3, -0.25) is 14.6 Å². The van der Waals surface area contributed by atoms with E-state index in [4.69, 9.17) is 0 Å². The van der Waals surface area contributed by atoms with E-state index in [1.54, 1.807) is 0 Å². The monoisotopic (exact) mass is 299 g/mol. The summed E-state index contributed by atoms with van der Waals surface area (Å²) in [6, 6.07) is 9.99. The first-order valence-corrected chi connectivity index (χ1v) is 8.60. The largest absolute Gasteiger partial charge is 0.352 e.